The van der Waals surface area contributed by atoms with E-state index in [0.29, 0.717) is 6.04 Å². The molecule has 20 heavy (non-hydrogen) atoms. The number of hydrogen-bond acceptors (Lipinski definition) is 3. The minimum Gasteiger partial charge on any atom is -0.496 e. The van der Waals surface area contributed by atoms with Gasteiger partial charge in [-0.2, -0.15) is 0 Å². The topological polar surface area (TPSA) is 24.5 Å². The predicted octanol–water partition coefficient (Wildman–Crippen LogP) is 3.05. The first-order valence-corrected chi connectivity index (χ1v) is 7.73. The van der Waals surface area contributed by atoms with E-state index in [1.807, 2.05) is 6.07 Å². The summed E-state index contributed by atoms with van der Waals surface area (Å²) in [7, 11) is 1.75. The molecule has 0 aromatic heterocycles. The zero-order valence-electron chi connectivity index (χ0n) is 13.3. The van der Waals surface area contributed by atoms with Crippen molar-refractivity contribution in [3.63, 3.8) is 0 Å². The molecular weight excluding hydrogens is 248 g/mol. The molecule has 1 aromatic carbocycles. The zero-order valence-corrected chi connectivity index (χ0v) is 13.3. The van der Waals surface area contributed by atoms with E-state index in [0.717, 1.165) is 31.8 Å². The second kappa shape index (κ2) is 6.59. The molecule has 1 aromatic rings. The fourth-order valence-electron chi connectivity index (χ4n) is 2.94. The molecule has 1 heterocycles. The average molecular weight is 276 g/mol. The lowest BCUT2D eigenvalue weighted by atomic mass is 9.91. The molecule has 0 aliphatic carbocycles. The summed E-state index contributed by atoms with van der Waals surface area (Å²) in [6.07, 6.45) is 2.34. The molecule has 1 saturated heterocycles. The fraction of sp³-hybridized carbons (Fsp3) is 0.647. The Morgan fingerprint density at radius 2 is 2.10 bits per heavy atom. The van der Waals surface area contributed by atoms with Crippen LogP contribution in [0.15, 0.2) is 24.3 Å². The van der Waals surface area contributed by atoms with Crippen LogP contribution >= 0.6 is 0 Å². The smallest absolute Gasteiger partial charge is 0.123 e. The predicted molar refractivity (Wildman–Crippen MR) is 84.2 cm³/mol. The summed E-state index contributed by atoms with van der Waals surface area (Å²) in [4.78, 5) is 2.62. The number of nitrogens with one attached hydrogen (secondary N) is 1. The van der Waals surface area contributed by atoms with Gasteiger partial charge in [0.05, 0.1) is 7.11 Å². The summed E-state index contributed by atoms with van der Waals surface area (Å²) in [5.41, 5.74) is 1.51. The van der Waals surface area contributed by atoms with Crippen molar-refractivity contribution < 1.29 is 4.74 Å². The number of nitrogens with zero attached hydrogens (tertiary/aromatic N) is 1. The number of ether oxygens (including phenoxy) is 1. The first-order valence-electron chi connectivity index (χ1n) is 7.73. The van der Waals surface area contributed by atoms with Gasteiger partial charge in [0.2, 0.25) is 0 Å². The highest BCUT2D eigenvalue weighted by atomic mass is 16.5. The third-order valence-electron chi connectivity index (χ3n) is 4.78. The third-order valence-corrected chi connectivity index (χ3v) is 4.78. The van der Waals surface area contributed by atoms with Crippen LogP contribution in [-0.4, -0.2) is 36.7 Å². The van der Waals surface area contributed by atoms with Gasteiger partial charge in [-0.05, 0) is 25.8 Å². The lowest BCUT2D eigenvalue weighted by molar-refractivity contribution is 0.0402. The maximum atomic E-state index is 5.50. The average Bonchev–Trinajstić information content (AvgIpc) is 2.50. The first-order chi connectivity index (χ1) is 9.62. The molecule has 3 nitrogen and oxygen atoms in total. The highest BCUT2D eigenvalue weighted by Gasteiger charge is 2.35. The molecule has 0 saturated carbocycles. The number of rotatable bonds is 5. The SMILES string of the molecule is CCC1CN(Cc2ccccc2OC)C(C)(CC)CN1. The Balaban J connectivity index is 2.18. The summed E-state index contributed by atoms with van der Waals surface area (Å²) >= 11 is 0. The quantitative estimate of drug-likeness (QED) is 0.894. The summed E-state index contributed by atoms with van der Waals surface area (Å²) in [6, 6.07) is 8.97. The first kappa shape index (κ1) is 15.3. The molecule has 2 unspecified atom stereocenters. The molecule has 1 aliphatic heterocycles. The molecule has 1 fully saturated rings. The van der Waals surface area contributed by atoms with Crippen LogP contribution in [0.5, 0.6) is 5.75 Å². The monoisotopic (exact) mass is 276 g/mol. The van der Waals surface area contributed by atoms with Crippen LogP contribution in [0.4, 0.5) is 0 Å². The Labute approximate surface area is 123 Å². The van der Waals surface area contributed by atoms with E-state index < -0.39 is 0 Å². The summed E-state index contributed by atoms with van der Waals surface area (Å²) in [5.74, 6) is 0.998. The van der Waals surface area contributed by atoms with Crippen molar-refractivity contribution in [2.75, 3.05) is 20.2 Å². The minimum atomic E-state index is 0.229. The van der Waals surface area contributed by atoms with E-state index in [-0.39, 0.29) is 5.54 Å². The van der Waals surface area contributed by atoms with Gasteiger partial charge in [-0.3, -0.25) is 4.90 Å². The highest BCUT2D eigenvalue weighted by molar-refractivity contribution is 5.33. The van der Waals surface area contributed by atoms with Gasteiger partial charge in [0, 0.05) is 36.8 Å². The van der Waals surface area contributed by atoms with Crippen LogP contribution in [0.2, 0.25) is 0 Å². The van der Waals surface area contributed by atoms with E-state index in [4.69, 9.17) is 4.74 Å². The summed E-state index contributed by atoms with van der Waals surface area (Å²) in [6.45, 7) is 10.0. The largest absolute Gasteiger partial charge is 0.496 e. The minimum absolute atomic E-state index is 0.229. The normalized spacial score (nSPS) is 27.5. The van der Waals surface area contributed by atoms with Crippen LogP contribution in [0.3, 0.4) is 0 Å². The molecular formula is C17H28N2O. The van der Waals surface area contributed by atoms with Crippen LogP contribution in [-0.2, 0) is 6.54 Å². The van der Waals surface area contributed by atoms with Crippen molar-refractivity contribution in [3.05, 3.63) is 29.8 Å². The summed E-state index contributed by atoms with van der Waals surface area (Å²) < 4.78 is 5.50. The Hall–Kier alpha value is -1.06. The summed E-state index contributed by atoms with van der Waals surface area (Å²) in [5, 5.41) is 3.68. The number of benzene rings is 1. The molecule has 0 radical (unpaired) electrons. The number of piperazine rings is 1. The van der Waals surface area contributed by atoms with Gasteiger partial charge < -0.3 is 10.1 Å². The Kier molecular flexibility index (Phi) is 5.06. The lowest BCUT2D eigenvalue weighted by Crippen LogP contribution is -2.62. The molecule has 0 spiro atoms. The van der Waals surface area contributed by atoms with E-state index in [1.165, 1.54) is 12.0 Å². The van der Waals surface area contributed by atoms with E-state index in [9.17, 15) is 0 Å². The van der Waals surface area contributed by atoms with Crippen LogP contribution in [0.1, 0.15) is 39.2 Å². The maximum absolute atomic E-state index is 5.50. The van der Waals surface area contributed by atoms with Gasteiger partial charge in [0.25, 0.3) is 0 Å². The molecule has 1 N–H and O–H groups in total. The van der Waals surface area contributed by atoms with Crippen LogP contribution in [0, 0.1) is 0 Å². The van der Waals surface area contributed by atoms with Gasteiger partial charge in [-0.25, -0.2) is 0 Å². The molecule has 2 atom stereocenters. The molecule has 112 valence electrons. The number of methoxy groups -OCH3 is 1. The second-order valence-corrected chi connectivity index (χ2v) is 6.03. The maximum Gasteiger partial charge on any atom is 0.123 e. The molecule has 0 bridgehead atoms. The Bertz CT molecular complexity index is 435. The Morgan fingerprint density at radius 3 is 2.75 bits per heavy atom. The van der Waals surface area contributed by atoms with Crippen molar-refractivity contribution in [1.29, 1.82) is 0 Å². The Morgan fingerprint density at radius 1 is 1.35 bits per heavy atom. The van der Waals surface area contributed by atoms with Crippen molar-refractivity contribution in [3.8, 4) is 5.75 Å². The van der Waals surface area contributed by atoms with E-state index in [1.54, 1.807) is 7.11 Å². The van der Waals surface area contributed by atoms with Gasteiger partial charge in [-0.1, -0.05) is 32.0 Å². The van der Waals surface area contributed by atoms with Crippen molar-refractivity contribution in [2.45, 2.75) is 51.7 Å². The van der Waals surface area contributed by atoms with Crippen molar-refractivity contribution in [1.82, 2.24) is 10.2 Å². The van der Waals surface area contributed by atoms with Gasteiger partial charge >= 0.3 is 0 Å². The standard InChI is InChI=1S/C17H28N2O/c1-5-15-12-19(17(3,6-2)13-18-15)11-14-9-7-8-10-16(14)20-4/h7-10,15,18H,5-6,11-13H2,1-4H3. The molecule has 0 amide bonds. The third kappa shape index (κ3) is 3.15. The highest BCUT2D eigenvalue weighted by Crippen LogP contribution is 2.28. The van der Waals surface area contributed by atoms with Crippen molar-refractivity contribution in [2.24, 2.45) is 0 Å². The van der Waals surface area contributed by atoms with Crippen molar-refractivity contribution >= 4 is 0 Å². The van der Waals surface area contributed by atoms with Gasteiger partial charge in [-0.15, -0.1) is 0 Å². The lowest BCUT2D eigenvalue weighted by Gasteiger charge is -2.48. The number of para-hydroxylation sites is 1. The van der Waals surface area contributed by atoms with Crippen LogP contribution < -0.4 is 10.1 Å². The van der Waals surface area contributed by atoms with E-state index >= 15 is 0 Å². The molecule has 1 aliphatic rings. The van der Waals surface area contributed by atoms with Gasteiger partial charge in [0.15, 0.2) is 0 Å². The fourth-order valence-corrected chi connectivity index (χ4v) is 2.94. The molecule has 2 rings (SSSR count). The number of hydrogen-bond donors (Lipinski definition) is 1. The van der Waals surface area contributed by atoms with E-state index in [2.05, 4.69) is 49.2 Å². The second-order valence-electron chi connectivity index (χ2n) is 6.03. The van der Waals surface area contributed by atoms with Crippen LogP contribution in [0.25, 0.3) is 0 Å². The van der Waals surface area contributed by atoms with Gasteiger partial charge in [0.1, 0.15) is 5.75 Å². The zero-order chi connectivity index (χ0) is 14.6. The molecule has 3 heteroatoms.